The summed E-state index contributed by atoms with van der Waals surface area (Å²) in [5, 5.41) is 11.2. The van der Waals surface area contributed by atoms with Crippen LogP contribution < -0.4 is 4.90 Å². The molecule has 8 nitrogen and oxygen atoms in total. The second kappa shape index (κ2) is 7.16. The van der Waals surface area contributed by atoms with E-state index in [9.17, 15) is 19.3 Å². The summed E-state index contributed by atoms with van der Waals surface area (Å²) >= 11 is 1.13. The summed E-state index contributed by atoms with van der Waals surface area (Å²) in [6.07, 6.45) is 3.20. The number of benzene rings is 1. The van der Waals surface area contributed by atoms with Gasteiger partial charge in [0.25, 0.3) is 5.91 Å². The van der Waals surface area contributed by atoms with Crippen LogP contribution in [-0.4, -0.2) is 20.8 Å². The molecule has 4 aromatic rings. The van der Waals surface area contributed by atoms with Crippen LogP contribution in [0.3, 0.4) is 0 Å². The standard InChI is InChI=1S/C18H11FN4O4S/c19-12-3-4-13-15(8-12)28-18(21-13)22(10-11-2-1-7-20-9-11)17(24)14-5-6-16(27-14)23(25)26/h1-9H,10H2. The molecule has 10 heteroatoms. The molecule has 0 saturated carbocycles. The van der Waals surface area contributed by atoms with E-state index in [2.05, 4.69) is 9.97 Å². The molecule has 3 aromatic heterocycles. The Balaban J connectivity index is 1.75. The molecular formula is C18H11FN4O4S. The third-order valence-electron chi connectivity index (χ3n) is 3.86. The molecule has 1 aromatic carbocycles. The quantitative estimate of drug-likeness (QED) is 0.369. The number of halogens is 1. The van der Waals surface area contributed by atoms with Gasteiger partial charge in [-0.1, -0.05) is 17.4 Å². The maximum Gasteiger partial charge on any atom is 0.433 e. The van der Waals surface area contributed by atoms with Crippen molar-refractivity contribution in [2.75, 3.05) is 4.90 Å². The molecule has 0 saturated heterocycles. The number of nitro groups is 1. The van der Waals surface area contributed by atoms with Gasteiger partial charge in [0.05, 0.1) is 22.8 Å². The molecule has 0 fully saturated rings. The van der Waals surface area contributed by atoms with Gasteiger partial charge < -0.3 is 4.42 Å². The third-order valence-corrected chi connectivity index (χ3v) is 4.90. The minimum Gasteiger partial charge on any atom is -0.395 e. The van der Waals surface area contributed by atoms with E-state index in [1.165, 1.54) is 29.2 Å². The molecule has 0 unspecified atom stereocenters. The molecule has 0 atom stereocenters. The van der Waals surface area contributed by atoms with Crippen LogP contribution in [0.25, 0.3) is 10.2 Å². The lowest BCUT2D eigenvalue weighted by atomic mass is 10.2. The second-order valence-corrected chi connectivity index (χ2v) is 6.77. The van der Waals surface area contributed by atoms with E-state index in [1.54, 1.807) is 24.5 Å². The average molecular weight is 398 g/mol. The smallest absolute Gasteiger partial charge is 0.395 e. The molecule has 0 aliphatic rings. The minimum atomic E-state index is -0.720. The van der Waals surface area contributed by atoms with Gasteiger partial charge >= 0.3 is 5.88 Å². The number of aromatic nitrogens is 2. The van der Waals surface area contributed by atoms with Crippen LogP contribution in [0.2, 0.25) is 0 Å². The maximum absolute atomic E-state index is 13.5. The van der Waals surface area contributed by atoms with E-state index >= 15 is 0 Å². The van der Waals surface area contributed by atoms with Gasteiger partial charge in [-0.2, -0.15) is 0 Å². The van der Waals surface area contributed by atoms with E-state index in [0.717, 1.165) is 23.0 Å². The summed E-state index contributed by atoms with van der Waals surface area (Å²) in [6.45, 7) is 0.115. The highest BCUT2D eigenvalue weighted by Gasteiger charge is 2.26. The van der Waals surface area contributed by atoms with Crippen molar-refractivity contribution >= 4 is 38.5 Å². The summed E-state index contributed by atoms with van der Waals surface area (Å²) in [4.78, 5) is 32.9. The van der Waals surface area contributed by atoms with Crippen molar-refractivity contribution in [2.24, 2.45) is 0 Å². The molecule has 1 amide bonds. The first-order chi connectivity index (χ1) is 13.5. The first kappa shape index (κ1) is 17.7. The highest BCUT2D eigenvalue weighted by molar-refractivity contribution is 7.22. The van der Waals surface area contributed by atoms with Crippen LogP contribution in [0.5, 0.6) is 0 Å². The molecule has 28 heavy (non-hydrogen) atoms. The van der Waals surface area contributed by atoms with Gasteiger partial charge in [-0.05, 0) is 35.9 Å². The van der Waals surface area contributed by atoms with Gasteiger partial charge in [0, 0.05) is 12.4 Å². The van der Waals surface area contributed by atoms with Crippen molar-refractivity contribution in [1.82, 2.24) is 9.97 Å². The lowest BCUT2D eigenvalue weighted by Crippen LogP contribution is -2.30. The third kappa shape index (κ3) is 3.45. The normalized spacial score (nSPS) is 10.9. The molecule has 0 N–H and O–H groups in total. The van der Waals surface area contributed by atoms with Crippen molar-refractivity contribution in [3.63, 3.8) is 0 Å². The Hall–Kier alpha value is -3.66. The average Bonchev–Trinajstić information content (AvgIpc) is 3.33. The highest BCUT2D eigenvalue weighted by atomic mass is 32.1. The SMILES string of the molecule is O=C(c1ccc([N+](=O)[O-])o1)N(Cc1cccnc1)c1nc2ccc(F)cc2s1. The fourth-order valence-electron chi connectivity index (χ4n) is 2.58. The number of hydrogen-bond acceptors (Lipinski definition) is 7. The lowest BCUT2D eigenvalue weighted by Gasteiger charge is -2.18. The summed E-state index contributed by atoms with van der Waals surface area (Å²) in [7, 11) is 0. The largest absolute Gasteiger partial charge is 0.433 e. The summed E-state index contributed by atoms with van der Waals surface area (Å²) < 4.78 is 19.1. The van der Waals surface area contributed by atoms with Crippen molar-refractivity contribution in [1.29, 1.82) is 0 Å². The van der Waals surface area contributed by atoms with Crippen LogP contribution in [0.1, 0.15) is 16.1 Å². The topological polar surface area (TPSA) is 102 Å². The number of carbonyl (C=O) groups is 1. The molecular weight excluding hydrogens is 387 g/mol. The Morgan fingerprint density at radius 3 is 2.86 bits per heavy atom. The number of thiazole rings is 1. The molecule has 0 aliphatic carbocycles. The number of anilines is 1. The van der Waals surface area contributed by atoms with Gasteiger partial charge in [0.1, 0.15) is 10.7 Å². The van der Waals surface area contributed by atoms with Gasteiger partial charge in [0.2, 0.25) is 0 Å². The predicted octanol–water partition coefficient (Wildman–Crippen LogP) is 4.18. The number of nitrogens with zero attached hydrogens (tertiary/aromatic N) is 4. The molecule has 0 radical (unpaired) electrons. The number of amides is 1. The molecule has 140 valence electrons. The molecule has 3 heterocycles. The number of fused-ring (bicyclic) bond motifs is 1. The number of furan rings is 1. The van der Waals surface area contributed by atoms with Gasteiger partial charge in [-0.15, -0.1) is 0 Å². The molecule has 0 spiro atoms. The number of pyridine rings is 1. The Kier molecular flexibility index (Phi) is 4.53. The fraction of sp³-hybridized carbons (Fsp3) is 0.0556. The molecule has 0 aliphatic heterocycles. The van der Waals surface area contributed by atoms with Crippen LogP contribution >= 0.6 is 11.3 Å². The number of carbonyl (C=O) groups excluding carboxylic acids is 1. The van der Waals surface area contributed by atoms with Crippen molar-refractivity contribution in [3.05, 3.63) is 82.1 Å². The van der Waals surface area contributed by atoms with E-state index in [4.69, 9.17) is 4.42 Å². The zero-order valence-corrected chi connectivity index (χ0v) is 14.9. The van der Waals surface area contributed by atoms with Crippen LogP contribution in [-0.2, 0) is 6.54 Å². The van der Waals surface area contributed by atoms with Crippen LogP contribution in [0.15, 0.2) is 59.3 Å². The first-order valence-corrected chi connectivity index (χ1v) is 8.84. The van der Waals surface area contributed by atoms with Crippen LogP contribution in [0.4, 0.5) is 15.4 Å². The van der Waals surface area contributed by atoms with Crippen molar-refractivity contribution < 1.29 is 18.5 Å². The highest BCUT2D eigenvalue weighted by Crippen LogP contribution is 2.31. The van der Waals surface area contributed by atoms with Gasteiger partial charge in [-0.25, -0.2) is 9.37 Å². The van der Waals surface area contributed by atoms with Gasteiger partial charge in [-0.3, -0.25) is 24.8 Å². The summed E-state index contributed by atoms with van der Waals surface area (Å²) in [5.74, 6) is -1.73. The Morgan fingerprint density at radius 2 is 2.14 bits per heavy atom. The monoisotopic (exact) mass is 398 g/mol. The molecule has 4 rings (SSSR count). The lowest BCUT2D eigenvalue weighted by molar-refractivity contribution is -0.402. The fourth-order valence-corrected chi connectivity index (χ4v) is 3.56. The second-order valence-electron chi connectivity index (χ2n) is 5.76. The zero-order chi connectivity index (χ0) is 19.7. The van der Waals surface area contributed by atoms with Crippen molar-refractivity contribution in [3.8, 4) is 0 Å². The summed E-state index contributed by atoms with van der Waals surface area (Å²) in [6, 6.07) is 10.0. The number of hydrogen-bond donors (Lipinski definition) is 0. The van der Waals surface area contributed by atoms with Crippen molar-refractivity contribution in [2.45, 2.75) is 6.54 Å². The number of rotatable bonds is 5. The molecule has 0 bridgehead atoms. The Morgan fingerprint density at radius 1 is 1.29 bits per heavy atom. The minimum absolute atomic E-state index is 0.115. The van der Waals surface area contributed by atoms with E-state index in [1.807, 2.05) is 0 Å². The zero-order valence-electron chi connectivity index (χ0n) is 14.1. The first-order valence-electron chi connectivity index (χ1n) is 8.02. The van der Waals surface area contributed by atoms with E-state index in [-0.39, 0.29) is 12.3 Å². The van der Waals surface area contributed by atoms with Gasteiger partial charge in [0.15, 0.2) is 10.9 Å². The Bertz CT molecular complexity index is 1170. The maximum atomic E-state index is 13.5. The summed E-state index contributed by atoms with van der Waals surface area (Å²) in [5.41, 5.74) is 1.26. The predicted molar refractivity (Wildman–Crippen MR) is 99.7 cm³/mol. The van der Waals surface area contributed by atoms with Crippen LogP contribution in [0, 0.1) is 15.9 Å². The van der Waals surface area contributed by atoms with E-state index in [0.29, 0.717) is 15.3 Å². The Labute approximate surface area is 161 Å². The van der Waals surface area contributed by atoms with E-state index < -0.39 is 22.5 Å².